The first-order valence-corrected chi connectivity index (χ1v) is 5.78. The van der Waals surface area contributed by atoms with Gasteiger partial charge in [0.15, 0.2) is 5.69 Å². The second kappa shape index (κ2) is 5.77. The van der Waals surface area contributed by atoms with E-state index in [4.69, 9.17) is 10.2 Å². The number of aromatic carboxylic acids is 1. The van der Waals surface area contributed by atoms with Crippen molar-refractivity contribution in [3.8, 4) is 0 Å². The molecule has 0 radical (unpaired) electrons. The van der Waals surface area contributed by atoms with E-state index >= 15 is 0 Å². The molecule has 0 spiro atoms. The molecular formula is C11H19N3O3. The average Bonchev–Trinajstić information content (AvgIpc) is 2.61. The summed E-state index contributed by atoms with van der Waals surface area (Å²) >= 11 is 0. The predicted molar refractivity (Wildman–Crippen MR) is 62.0 cm³/mol. The SMILES string of the molecule is CC(O)CCCn1nnc(C(=O)O)c1C(C)C. The maximum absolute atomic E-state index is 11.0. The molecule has 96 valence electrons. The van der Waals surface area contributed by atoms with Gasteiger partial charge in [-0.25, -0.2) is 9.48 Å². The second-order valence-electron chi connectivity index (χ2n) is 4.50. The number of nitrogens with zero attached hydrogens (tertiary/aromatic N) is 3. The molecule has 1 aromatic heterocycles. The predicted octanol–water partition coefficient (Wildman–Crippen LogP) is 1.26. The molecule has 1 atom stereocenters. The number of carbonyl (C=O) groups is 1. The van der Waals surface area contributed by atoms with Crippen LogP contribution in [0.2, 0.25) is 0 Å². The average molecular weight is 241 g/mol. The van der Waals surface area contributed by atoms with Crippen molar-refractivity contribution < 1.29 is 15.0 Å². The molecule has 0 bridgehead atoms. The summed E-state index contributed by atoms with van der Waals surface area (Å²) in [5, 5.41) is 25.7. The number of aliphatic hydroxyl groups excluding tert-OH is 1. The normalized spacial score (nSPS) is 13.0. The van der Waals surface area contributed by atoms with Gasteiger partial charge >= 0.3 is 5.97 Å². The van der Waals surface area contributed by atoms with Gasteiger partial charge in [-0.2, -0.15) is 0 Å². The molecule has 6 heteroatoms. The quantitative estimate of drug-likeness (QED) is 0.782. The van der Waals surface area contributed by atoms with E-state index in [-0.39, 0.29) is 17.7 Å². The first-order valence-electron chi connectivity index (χ1n) is 5.78. The van der Waals surface area contributed by atoms with Gasteiger partial charge in [0, 0.05) is 6.54 Å². The molecule has 1 aromatic rings. The van der Waals surface area contributed by atoms with Crippen LogP contribution >= 0.6 is 0 Å². The highest BCUT2D eigenvalue weighted by Gasteiger charge is 2.21. The number of aromatic nitrogens is 3. The zero-order valence-corrected chi connectivity index (χ0v) is 10.4. The molecule has 0 aromatic carbocycles. The van der Waals surface area contributed by atoms with Crippen LogP contribution < -0.4 is 0 Å². The van der Waals surface area contributed by atoms with E-state index in [1.54, 1.807) is 11.6 Å². The lowest BCUT2D eigenvalue weighted by atomic mass is 10.1. The van der Waals surface area contributed by atoms with Crippen molar-refractivity contribution in [1.29, 1.82) is 0 Å². The maximum atomic E-state index is 11.0. The first kappa shape index (κ1) is 13.6. The van der Waals surface area contributed by atoms with E-state index < -0.39 is 5.97 Å². The van der Waals surface area contributed by atoms with Gasteiger partial charge in [-0.3, -0.25) is 0 Å². The van der Waals surface area contributed by atoms with Crippen molar-refractivity contribution in [2.75, 3.05) is 0 Å². The van der Waals surface area contributed by atoms with Crippen LogP contribution in [0.4, 0.5) is 0 Å². The Morgan fingerprint density at radius 3 is 2.53 bits per heavy atom. The number of carboxylic acids is 1. The van der Waals surface area contributed by atoms with Gasteiger partial charge in [-0.1, -0.05) is 19.1 Å². The van der Waals surface area contributed by atoms with Crippen LogP contribution in [-0.4, -0.2) is 37.3 Å². The molecule has 2 N–H and O–H groups in total. The van der Waals surface area contributed by atoms with Crippen molar-refractivity contribution in [3.63, 3.8) is 0 Å². The number of hydrogen-bond donors (Lipinski definition) is 2. The summed E-state index contributed by atoms with van der Waals surface area (Å²) in [7, 11) is 0. The van der Waals surface area contributed by atoms with Crippen molar-refractivity contribution in [1.82, 2.24) is 15.0 Å². The second-order valence-corrected chi connectivity index (χ2v) is 4.50. The van der Waals surface area contributed by atoms with Crippen LogP contribution in [0.3, 0.4) is 0 Å². The summed E-state index contributed by atoms with van der Waals surface area (Å²) in [4.78, 5) is 11.0. The Balaban J connectivity index is 2.81. The van der Waals surface area contributed by atoms with Crippen LogP contribution in [0.1, 0.15) is 55.7 Å². The first-order chi connectivity index (χ1) is 7.93. The molecule has 0 aliphatic heterocycles. The van der Waals surface area contributed by atoms with Gasteiger partial charge in [-0.05, 0) is 25.7 Å². The third kappa shape index (κ3) is 3.52. The standard InChI is InChI=1S/C11H19N3O3/c1-7(2)10-9(11(16)17)12-13-14(10)6-4-5-8(3)15/h7-8,15H,4-6H2,1-3H3,(H,16,17). The topological polar surface area (TPSA) is 88.2 Å². The number of aliphatic hydroxyl groups is 1. The van der Waals surface area contributed by atoms with Crippen molar-refractivity contribution >= 4 is 5.97 Å². The lowest BCUT2D eigenvalue weighted by Gasteiger charge is -2.10. The fraction of sp³-hybridized carbons (Fsp3) is 0.727. The molecule has 0 aliphatic rings. The molecule has 1 heterocycles. The molecular weight excluding hydrogens is 222 g/mol. The molecule has 0 aliphatic carbocycles. The molecule has 6 nitrogen and oxygen atoms in total. The zero-order chi connectivity index (χ0) is 13.0. The molecule has 0 fully saturated rings. The van der Waals surface area contributed by atoms with Gasteiger partial charge in [0.2, 0.25) is 0 Å². The molecule has 17 heavy (non-hydrogen) atoms. The lowest BCUT2D eigenvalue weighted by Crippen LogP contribution is -2.11. The number of aryl methyl sites for hydroxylation is 1. The smallest absolute Gasteiger partial charge is 0.358 e. The molecule has 0 saturated carbocycles. The van der Waals surface area contributed by atoms with E-state index in [9.17, 15) is 4.79 Å². The van der Waals surface area contributed by atoms with E-state index in [1.165, 1.54) is 0 Å². The highest BCUT2D eigenvalue weighted by molar-refractivity contribution is 5.86. The maximum Gasteiger partial charge on any atom is 0.358 e. The summed E-state index contributed by atoms with van der Waals surface area (Å²) in [6, 6.07) is 0. The number of carboxylic acid groups (broad SMARTS) is 1. The summed E-state index contributed by atoms with van der Waals surface area (Å²) in [6.45, 7) is 6.14. The fourth-order valence-electron chi connectivity index (χ4n) is 1.75. The van der Waals surface area contributed by atoms with E-state index in [0.29, 0.717) is 18.7 Å². The largest absolute Gasteiger partial charge is 0.476 e. The molecule has 1 rings (SSSR count). The lowest BCUT2D eigenvalue weighted by molar-refractivity contribution is 0.0688. The van der Waals surface area contributed by atoms with Crippen molar-refractivity contribution in [2.45, 2.75) is 52.2 Å². The Labute approximate surface area is 100 Å². The highest BCUT2D eigenvalue weighted by Crippen LogP contribution is 2.18. The van der Waals surface area contributed by atoms with E-state index in [0.717, 1.165) is 6.42 Å². The minimum absolute atomic E-state index is 0.0250. The van der Waals surface area contributed by atoms with Gasteiger partial charge < -0.3 is 10.2 Å². The summed E-state index contributed by atoms with van der Waals surface area (Å²) < 4.78 is 1.62. The third-order valence-corrected chi connectivity index (χ3v) is 2.51. The molecule has 0 saturated heterocycles. The Bertz CT molecular complexity index is 385. The number of hydrogen-bond acceptors (Lipinski definition) is 4. The minimum Gasteiger partial charge on any atom is -0.476 e. The summed E-state index contributed by atoms with van der Waals surface area (Å²) in [6.07, 6.45) is 1.07. The van der Waals surface area contributed by atoms with Crippen molar-refractivity contribution in [3.05, 3.63) is 11.4 Å². The molecule has 0 amide bonds. The van der Waals surface area contributed by atoms with Crippen molar-refractivity contribution in [2.24, 2.45) is 0 Å². The number of rotatable bonds is 6. The fourth-order valence-corrected chi connectivity index (χ4v) is 1.75. The van der Waals surface area contributed by atoms with Gasteiger partial charge in [0.05, 0.1) is 11.8 Å². The van der Waals surface area contributed by atoms with Crippen LogP contribution in [-0.2, 0) is 6.54 Å². The molecule has 1 unspecified atom stereocenters. The minimum atomic E-state index is -1.05. The zero-order valence-electron chi connectivity index (χ0n) is 10.4. The van der Waals surface area contributed by atoms with Crippen LogP contribution in [0, 0.1) is 0 Å². The Morgan fingerprint density at radius 2 is 2.06 bits per heavy atom. The van der Waals surface area contributed by atoms with Crippen LogP contribution in [0.25, 0.3) is 0 Å². The Hall–Kier alpha value is -1.43. The van der Waals surface area contributed by atoms with Gasteiger partial charge in [0.1, 0.15) is 0 Å². The van der Waals surface area contributed by atoms with E-state index in [2.05, 4.69) is 10.3 Å². The van der Waals surface area contributed by atoms with Crippen LogP contribution in [0.5, 0.6) is 0 Å². The third-order valence-electron chi connectivity index (χ3n) is 2.51. The van der Waals surface area contributed by atoms with Gasteiger partial charge in [-0.15, -0.1) is 5.10 Å². The highest BCUT2D eigenvalue weighted by atomic mass is 16.4. The van der Waals surface area contributed by atoms with Crippen LogP contribution in [0.15, 0.2) is 0 Å². The Morgan fingerprint density at radius 1 is 1.41 bits per heavy atom. The summed E-state index contributed by atoms with van der Waals surface area (Å²) in [5.74, 6) is -0.988. The monoisotopic (exact) mass is 241 g/mol. The van der Waals surface area contributed by atoms with Gasteiger partial charge in [0.25, 0.3) is 0 Å². The summed E-state index contributed by atoms with van der Waals surface area (Å²) in [5.41, 5.74) is 0.667. The Kier molecular flexibility index (Phi) is 4.62. The van der Waals surface area contributed by atoms with E-state index in [1.807, 2.05) is 13.8 Å².